The van der Waals surface area contributed by atoms with Crippen molar-refractivity contribution in [1.29, 1.82) is 0 Å². The highest BCUT2D eigenvalue weighted by molar-refractivity contribution is 5.90. The summed E-state index contributed by atoms with van der Waals surface area (Å²) in [6, 6.07) is 3.81. The molecule has 2 heterocycles. The average molecular weight is 245 g/mol. The number of esters is 1. The van der Waals surface area contributed by atoms with Crippen LogP contribution < -0.4 is 0 Å². The second kappa shape index (κ2) is 5.00. The molecule has 0 unspecified atom stereocenters. The van der Waals surface area contributed by atoms with Crippen LogP contribution in [0.3, 0.4) is 0 Å². The van der Waals surface area contributed by atoms with Gasteiger partial charge in [0.1, 0.15) is 5.56 Å². The van der Waals surface area contributed by atoms with Crippen LogP contribution in [0.5, 0.6) is 0 Å². The molecule has 2 aromatic heterocycles. The number of ether oxygens (including phenoxy) is 1. The van der Waals surface area contributed by atoms with Gasteiger partial charge in [-0.3, -0.25) is 0 Å². The predicted molar refractivity (Wildman–Crippen MR) is 66.8 cm³/mol. The molecule has 2 aromatic rings. The molecule has 94 valence electrons. The molecular weight excluding hydrogens is 230 g/mol. The summed E-state index contributed by atoms with van der Waals surface area (Å²) in [6.45, 7) is 5.87. The van der Waals surface area contributed by atoms with Gasteiger partial charge in [0.05, 0.1) is 12.3 Å². The minimum atomic E-state index is -0.353. The van der Waals surface area contributed by atoms with Crippen LogP contribution >= 0.6 is 0 Å². The molecule has 5 heteroatoms. The SMILES string of the molecule is CCOC(=O)c1cn(-c2ccc(C)cn2)nc1C. The number of aromatic nitrogens is 3. The predicted octanol–water partition coefficient (Wildman–Crippen LogP) is 2.06. The zero-order valence-corrected chi connectivity index (χ0v) is 10.7. The smallest absolute Gasteiger partial charge is 0.341 e. The minimum absolute atomic E-state index is 0.353. The summed E-state index contributed by atoms with van der Waals surface area (Å²) in [5, 5.41) is 4.27. The van der Waals surface area contributed by atoms with Crippen LogP contribution in [0.4, 0.5) is 0 Å². The fraction of sp³-hybridized carbons (Fsp3) is 0.308. The van der Waals surface area contributed by atoms with Crippen molar-refractivity contribution in [3.05, 3.63) is 41.3 Å². The van der Waals surface area contributed by atoms with Gasteiger partial charge in [0.2, 0.25) is 0 Å². The lowest BCUT2D eigenvalue weighted by molar-refractivity contribution is 0.0525. The Morgan fingerprint density at radius 2 is 2.17 bits per heavy atom. The van der Waals surface area contributed by atoms with Crippen LogP contribution in [0.2, 0.25) is 0 Å². The van der Waals surface area contributed by atoms with Crippen molar-refractivity contribution in [2.45, 2.75) is 20.8 Å². The largest absolute Gasteiger partial charge is 0.462 e. The van der Waals surface area contributed by atoms with Gasteiger partial charge in [-0.05, 0) is 32.4 Å². The van der Waals surface area contributed by atoms with E-state index in [2.05, 4.69) is 10.1 Å². The highest BCUT2D eigenvalue weighted by Crippen LogP contribution is 2.11. The van der Waals surface area contributed by atoms with Gasteiger partial charge in [0.15, 0.2) is 5.82 Å². The number of hydrogen-bond donors (Lipinski definition) is 0. The van der Waals surface area contributed by atoms with Crippen molar-refractivity contribution in [3.8, 4) is 5.82 Å². The Morgan fingerprint density at radius 3 is 2.78 bits per heavy atom. The van der Waals surface area contributed by atoms with E-state index in [0.717, 1.165) is 5.56 Å². The van der Waals surface area contributed by atoms with Gasteiger partial charge in [-0.1, -0.05) is 6.07 Å². The lowest BCUT2D eigenvalue weighted by Gasteiger charge is -2.00. The molecular formula is C13H15N3O2. The zero-order valence-electron chi connectivity index (χ0n) is 10.7. The molecule has 0 atom stereocenters. The van der Waals surface area contributed by atoms with E-state index < -0.39 is 0 Å². The Kier molecular flexibility index (Phi) is 3.41. The van der Waals surface area contributed by atoms with Crippen molar-refractivity contribution < 1.29 is 9.53 Å². The van der Waals surface area contributed by atoms with Crippen LogP contribution in [0.1, 0.15) is 28.5 Å². The quantitative estimate of drug-likeness (QED) is 0.777. The summed E-state index contributed by atoms with van der Waals surface area (Å²) < 4.78 is 6.55. The van der Waals surface area contributed by atoms with Crippen molar-refractivity contribution in [1.82, 2.24) is 14.8 Å². The number of aryl methyl sites for hydroxylation is 2. The molecule has 0 aliphatic rings. The second-order valence-corrected chi connectivity index (χ2v) is 3.99. The summed E-state index contributed by atoms with van der Waals surface area (Å²) in [5.41, 5.74) is 2.18. The summed E-state index contributed by atoms with van der Waals surface area (Å²) >= 11 is 0. The normalized spacial score (nSPS) is 10.4. The van der Waals surface area contributed by atoms with E-state index >= 15 is 0 Å². The van der Waals surface area contributed by atoms with Crippen molar-refractivity contribution in [2.24, 2.45) is 0 Å². The number of nitrogens with zero attached hydrogens (tertiary/aromatic N) is 3. The van der Waals surface area contributed by atoms with Crippen LogP contribution in [-0.2, 0) is 4.74 Å². The first-order chi connectivity index (χ1) is 8.61. The number of carbonyl (C=O) groups is 1. The summed E-state index contributed by atoms with van der Waals surface area (Å²) in [5.74, 6) is 0.326. The van der Waals surface area contributed by atoms with Gasteiger partial charge >= 0.3 is 5.97 Å². The van der Waals surface area contributed by atoms with Gasteiger partial charge in [-0.15, -0.1) is 0 Å². The number of hydrogen-bond acceptors (Lipinski definition) is 4. The summed E-state index contributed by atoms with van der Waals surface area (Å²) in [4.78, 5) is 15.9. The van der Waals surface area contributed by atoms with E-state index in [9.17, 15) is 4.79 Å². The van der Waals surface area contributed by atoms with Crippen LogP contribution in [0, 0.1) is 13.8 Å². The highest BCUT2D eigenvalue weighted by Gasteiger charge is 2.15. The monoisotopic (exact) mass is 245 g/mol. The third kappa shape index (κ3) is 2.40. The second-order valence-electron chi connectivity index (χ2n) is 3.99. The Hall–Kier alpha value is -2.17. The molecule has 0 aliphatic carbocycles. The Morgan fingerprint density at radius 1 is 1.39 bits per heavy atom. The van der Waals surface area contributed by atoms with E-state index in [1.165, 1.54) is 0 Å². The lowest BCUT2D eigenvalue weighted by atomic mass is 10.3. The summed E-state index contributed by atoms with van der Waals surface area (Å²) in [6.07, 6.45) is 3.40. The van der Waals surface area contributed by atoms with Crippen molar-refractivity contribution in [2.75, 3.05) is 6.61 Å². The molecule has 0 bridgehead atoms. The van der Waals surface area contributed by atoms with Gasteiger partial charge in [-0.2, -0.15) is 5.10 Å². The maximum absolute atomic E-state index is 11.7. The average Bonchev–Trinajstić information content (AvgIpc) is 2.72. The third-order valence-electron chi connectivity index (χ3n) is 2.52. The van der Waals surface area contributed by atoms with E-state index in [4.69, 9.17) is 4.74 Å². The fourth-order valence-corrected chi connectivity index (χ4v) is 1.58. The number of pyridine rings is 1. The Balaban J connectivity index is 2.34. The third-order valence-corrected chi connectivity index (χ3v) is 2.52. The van der Waals surface area contributed by atoms with E-state index in [1.54, 1.807) is 30.9 Å². The van der Waals surface area contributed by atoms with E-state index in [0.29, 0.717) is 23.7 Å². The molecule has 0 radical (unpaired) electrons. The van der Waals surface area contributed by atoms with Gasteiger partial charge < -0.3 is 4.74 Å². The van der Waals surface area contributed by atoms with Gasteiger partial charge in [0.25, 0.3) is 0 Å². The maximum Gasteiger partial charge on any atom is 0.341 e. The van der Waals surface area contributed by atoms with Crippen LogP contribution in [0.15, 0.2) is 24.5 Å². The van der Waals surface area contributed by atoms with Gasteiger partial charge in [-0.25, -0.2) is 14.5 Å². The van der Waals surface area contributed by atoms with Crippen molar-refractivity contribution >= 4 is 5.97 Å². The maximum atomic E-state index is 11.7. The first-order valence-electron chi connectivity index (χ1n) is 5.78. The lowest BCUT2D eigenvalue weighted by Crippen LogP contribution is -2.04. The van der Waals surface area contributed by atoms with E-state index in [-0.39, 0.29) is 5.97 Å². The zero-order chi connectivity index (χ0) is 13.1. The summed E-state index contributed by atoms with van der Waals surface area (Å²) in [7, 11) is 0. The van der Waals surface area contributed by atoms with Crippen LogP contribution in [0.25, 0.3) is 5.82 Å². The topological polar surface area (TPSA) is 57.0 Å². The Labute approximate surface area is 105 Å². The first-order valence-corrected chi connectivity index (χ1v) is 5.78. The molecule has 18 heavy (non-hydrogen) atoms. The van der Waals surface area contributed by atoms with E-state index in [1.807, 2.05) is 19.1 Å². The standard InChI is InChI=1S/C13H15N3O2/c1-4-18-13(17)11-8-16(15-10(11)3)12-6-5-9(2)7-14-12/h5-8H,4H2,1-3H3. The molecule has 0 aromatic carbocycles. The molecule has 0 saturated carbocycles. The molecule has 0 aliphatic heterocycles. The molecule has 0 N–H and O–H groups in total. The molecule has 5 nitrogen and oxygen atoms in total. The van der Waals surface area contributed by atoms with Crippen molar-refractivity contribution in [3.63, 3.8) is 0 Å². The number of rotatable bonds is 3. The minimum Gasteiger partial charge on any atom is -0.462 e. The Bertz CT molecular complexity index is 558. The van der Waals surface area contributed by atoms with Crippen LogP contribution in [-0.4, -0.2) is 27.3 Å². The molecule has 0 spiro atoms. The fourth-order valence-electron chi connectivity index (χ4n) is 1.58. The first kappa shape index (κ1) is 12.3. The number of carbonyl (C=O) groups excluding carboxylic acids is 1. The molecule has 0 saturated heterocycles. The molecule has 0 fully saturated rings. The van der Waals surface area contributed by atoms with Gasteiger partial charge in [0, 0.05) is 12.4 Å². The highest BCUT2D eigenvalue weighted by atomic mass is 16.5. The molecule has 0 amide bonds. The molecule has 2 rings (SSSR count).